The van der Waals surface area contributed by atoms with Crippen molar-refractivity contribution < 1.29 is 33.0 Å². The summed E-state index contributed by atoms with van der Waals surface area (Å²) in [6.07, 6.45) is -6.16. The number of carbonyl (C=O) groups is 2. The Morgan fingerprint density at radius 3 is 2.24 bits per heavy atom. The molecule has 3 N–H and O–H groups in total. The van der Waals surface area contributed by atoms with Gasteiger partial charge in [-0.1, -0.05) is 24.3 Å². The molecule has 2 aromatic carbocycles. The zero-order chi connectivity index (χ0) is 18.6. The van der Waals surface area contributed by atoms with Crippen molar-refractivity contribution in [2.45, 2.75) is 12.3 Å². The molecular weight excluding hydrogens is 339 g/mol. The lowest BCUT2D eigenvalue weighted by atomic mass is 10.0. The highest BCUT2D eigenvalue weighted by molar-refractivity contribution is 5.95. The molecule has 0 aromatic heterocycles. The van der Waals surface area contributed by atoms with Gasteiger partial charge in [-0.2, -0.15) is 13.2 Å². The Morgan fingerprint density at radius 1 is 1.04 bits per heavy atom. The Labute approximate surface area is 140 Å². The second-order valence-corrected chi connectivity index (χ2v) is 5.22. The predicted molar refractivity (Wildman–Crippen MR) is 82.9 cm³/mol. The van der Waals surface area contributed by atoms with E-state index in [2.05, 4.69) is 5.32 Å². The molecule has 0 aliphatic rings. The van der Waals surface area contributed by atoms with E-state index in [0.29, 0.717) is 11.1 Å². The Balaban J connectivity index is 2.12. The highest BCUT2D eigenvalue weighted by atomic mass is 19.4. The largest absolute Gasteiger partial charge is 0.479 e. The van der Waals surface area contributed by atoms with E-state index in [1.54, 1.807) is 0 Å². The molecule has 132 valence electrons. The normalized spacial score (nSPS) is 12.5. The molecule has 8 heteroatoms. The monoisotopic (exact) mass is 353 g/mol. The quantitative estimate of drug-likeness (QED) is 0.771. The Bertz CT molecular complexity index is 772. The van der Waals surface area contributed by atoms with Gasteiger partial charge in [-0.25, -0.2) is 4.79 Å². The lowest BCUT2D eigenvalue weighted by Gasteiger charge is -2.10. The first-order chi connectivity index (χ1) is 11.7. The number of halogens is 3. The minimum absolute atomic E-state index is 0.188. The molecule has 0 saturated carbocycles. The fourth-order valence-electron chi connectivity index (χ4n) is 2.07. The molecule has 2 aromatic rings. The van der Waals surface area contributed by atoms with Gasteiger partial charge in [0.1, 0.15) is 0 Å². The van der Waals surface area contributed by atoms with E-state index >= 15 is 0 Å². The van der Waals surface area contributed by atoms with Crippen LogP contribution in [0.25, 0.3) is 11.1 Å². The van der Waals surface area contributed by atoms with Gasteiger partial charge in [-0.15, -0.1) is 0 Å². The first kappa shape index (κ1) is 18.5. The number of carboxylic acid groups (broad SMARTS) is 1. The van der Waals surface area contributed by atoms with E-state index in [-0.39, 0.29) is 5.56 Å². The van der Waals surface area contributed by atoms with Gasteiger partial charge in [-0.3, -0.25) is 4.79 Å². The van der Waals surface area contributed by atoms with Gasteiger partial charge in [0, 0.05) is 5.56 Å². The van der Waals surface area contributed by atoms with Crippen LogP contribution in [-0.4, -0.2) is 34.7 Å². The summed E-state index contributed by atoms with van der Waals surface area (Å²) in [4.78, 5) is 22.3. The number of alkyl halides is 3. The predicted octanol–water partition coefficient (Wildman–Crippen LogP) is 2.55. The summed E-state index contributed by atoms with van der Waals surface area (Å²) in [6, 6.07) is 10.6. The summed E-state index contributed by atoms with van der Waals surface area (Å²) in [5.74, 6) is -2.06. The molecule has 0 aliphatic carbocycles. The number of hydrogen-bond donors (Lipinski definition) is 3. The highest BCUT2D eigenvalue weighted by Gasteiger charge is 2.30. The first-order valence-corrected chi connectivity index (χ1v) is 7.15. The summed E-state index contributed by atoms with van der Waals surface area (Å²) in [5.41, 5.74) is 0.263. The second-order valence-electron chi connectivity index (χ2n) is 5.22. The summed E-state index contributed by atoms with van der Waals surface area (Å²) >= 11 is 0. The van der Waals surface area contributed by atoms with Crippen molar-refractivity contribution >= 4 is 11.9 Å². The second kappa shape index (κ2) is 7.35. The minimum Gasteiger partial charge on any atom is -0.479 e. The van der Waals surface area contributed by atoms with Crippen molar-refractivity contribution in [3.63, 3.8) is 0 Å². The molecular formula is C17H14F3NO4. The number of rotatable bonds is 5. The van der Waals surface area contributed by atoms with E-state index in [0.717, 1.165) is 12.1 Å². The molecule has 0 bridgehead atoms. The maximum absolute atomic E-state index is 12.7. The number of nitrogens with one attached hydrogen (secondary N) is 1. The van der Waals surface area contributed by atoms with Crippen LogP contribution in [0.15, 0.2) is 48.5 Å². The third-order valence-corrected chi connectivity index (χ3v) is 3.41. The summed E-state index contributed by atoms with van der Waals surface area (Å²) in [7, 11) is 0. The van der Waals surface area contributed by atoms with Gasteiger partial charge >= 0.3 is 12.1 Å². The fraction of sp³-hybridized carbons (Fsp3) is 0.176. The number of aliphatic carboxylic acids is 1. The Kier molecular flexibility index (Phi) is 5.43. The molecule has 25 heavy (non-hydrogen) atoms. The van der Waals surface area contributed by atoms with E-state index in [1.165, 1.54) is 36.4 Å². The Hall–Kier alpha value is -2.87. The van der Waals surface area contributed by atoms with Gasteiger partial charge in [0.2, 0.25) is 0 Å². The van der Waals surface area contributed by atoms with E-state index in [1.807, 2.05) is 0 Å². The minimum atomic E-state index is -4.44. The SMILES string of the molecule is O=C(NCC(O)C(=O)O)c1ccc(-c2cccc(C(F)(F)F)c2)cc1. The number of carbonyl (C=O) groups excluding carboxylic acids is 1. The van der Waals surface area contributed by atoms with Gasteiger partial charge < -0.3 is 15.5 Å². The fourth-order valence-corrected chi connectivity index (χ4v) is 2.07. The molecule has 0 aliphatic heterocycles. The highest BCUT2D eigenvalue weighted by Crippen LogP contribution is 2.32. The number of benzene rings is 2. The van der Waals surface area contributed by atoms with E-state index in [4.69, 9.17) is 10.2 Å². The number of hydrogen-bond acceptors (Lipinski definition) is 3. The third kappa shape index (κ3) is 4.80. The number of amides is 1. The van der Waals surface area contributed by atoms with Crippen molar-refractivity contribution in [3.05, 3.63) is 59.7 Å². The first-order valence-electron chi connectivity index (χ1n) is 7.15. The summed E-state index contributed by atoms with van der Waals surface area (Å²) in [6.45, 7) is -0.455. The van der Waals surface area contributed by atoms with Gasteiger partial charge in [0.05, 0.1) is 12.1 Å². The lowest BCUT2D eigenvalue weighted by Crippen LogP contribution is -2.36. The smallest absolute Gasteiger partial charge is 0.416 e. The van der Waals surface area contributed by atoms with Gasteiger partial charge in [-0.05, 0) is 35.4 Å². The molecule has 1 atom stereocenters. The van der Waals surface area contributed by atoms with Crippen LogP contribution in [0.3, 0.4) is 0 Å². The standard InChI is InChI=1S/C17H14F3NO4/c18-17(19,20)13-3-1-2-12(8-13)10-4-6-11(7-5-10)15(23)21-9-14(22)16(24)25/h1-8,14,22H,9H2,(H,21,23)(H,24,25). The maximum Gasteiger partial charge on any atom is 0.416 e. The summed E-state index contributed by atoms with van der Waals surface area (Å²) in [5, 5.41) is 19.9. The van der Waals surface area contributed by atoms with Crippen molar-refractivity contribution in [2.24, 2.45) is 0 Å². The third-order valence-electron chi connectivity index (χ3n) is 3.41. The van der Waals surface area contributed by atoms with E-state index in [9.17, 15) is 22.8 Å². The molecule has 2 rings (SSSR count). The molecule has 5 nitrogen and oxygen atoms in total. The van der Waals surface area contributed by atoms with Crippen molar-refractivity contribution in [3.8, 4) is 11.1 Å². The van der Waals surface area contributed by atoms with Crippen molar-refractivity contribution in [1.82, 2.24) is 5.32 Å². The maximum atomic E-state index is 12.7. The van der Waals surface area contributed by atoms with Crippen LogP contribution in [0, 0.1) is 0 Å². The number of aliphatic hydroxyl groups excluding tert-OH is 1. The summed E-state index contributed by atoms with van der Waals surface area (Å²) < 4.78 is 38.2. The van der Waals surface area contributed by atoms with Crippen LogP contribution >= 0.6 is 0 Å². The molecule has 0 fully saturated rings. The zero-order valence-electron chi connectivity index (χ0n) is 12.7. The zero-order valence-corrected chi connectivity index (χ0v) is 12.7. The molecule has 0 saturated heterocycles. The van der Waals surface area contributed by atoms with Gasteiger partial charge in [0.25, 0.3) is 5.91 Å². The van der Waals surface area contributed by atoms with Crippen LogP contribution < -0.4 is 5.32 Å². The average Bonchev–Trinajstić information content (AvgIpc) is 2.58. The van der Waals surface area contributed by atoms with Crippen molar-refractivity contribution in [1.29, 1.82) is 0 Å². The molecule has 0 radical (unpaired) electrons. The topological polar surface area (TPSA) is 86.6 Å². The lowest BCUT2D eigenvalue weighted by molar-refractivity contribution is -0.146. The van der Waals surface area contributed by atoms with Crippen LogP contribution in [-0.2, 0) is 11.0 Å². The molecule has 0 heterocycles. The van der Waals surface area contributed by atoms with Crippen LogP contribution in [0.1, 0.15) is 15.9 Å². The van der Waals surface area contributed by atoms with Crippen LogP contribution in [0.2, 0.25) is 0 Å². The van der Waals surface area contributed by atoms with Gasteiger partial charge in [0.15, 0.2) is 6.10 Å². The molecule has 1 unspecified atom stereocenters. The van der Waals surface area contributed by atoms with E-state index < -0.39 is 36.3 Å². The average molecular weight is 353 g/mol. The van der Waals surface area contributed by atoms with Crippen molar-refractivity contribution in [2.75, 3.05) is 6.54 Å². The number of carboxylic acids is 1. The number of aliphatic hydroxyl groups is 1. The molecule has 1 amide bonds. The molecule has 0 spiro atoms. The van der Waals surface area contributed by atoms with Crippen LogP contribution in [0.4, 0.5) is 13.2 Å². The Morgan fingerprint density at radius 2 is 1.68 bits per heavy atom. The van der Waals surface area contributed by atoms with Crippen LogP contribution in [0.5, 0.6) is 0 Å².